The highest BCUT2D eigenvalue weighted by Crippen LogP contribution is 2.52. The van der Waals surface area contributed by atoms with Crippen molar-refractivity contribution in [3.8, 4) is 0 Å². The molecule has 2 saturated carbocycles. The lowest BCUT2D eigenvalue weighted by Gasteiger charge is -2.42. The topological polar surface area (TPSA) is 122 Å². The number of carbonyl (C=O) groups is 1. The van der Waals surface area contributed by atoms with Crippen LogP contribution in [0.25, 0.3) is 0 Å². The molecule has 2 aromatic carbocycles. The molecule has 2 bridgehead atoms. The molecule has 5 atom stereocenters. The Morgan fingerprint density at radius 2 is 1.74 bits per heavy atom. The zero-order valence-electron chi connectivity index (χ0n) is 21.0. The van der Waals surface area contributed by atoms with Gasteiger partial charge >= 0.3 is 0 Å². The standard InChI is InChI=1S/C26H29ClF3NO7S/c1-37-11-18(32)12-38-13-26(34)15-3-4-16(26)8-19(7-15)39(35,36)23-6-14(2-5-20(23)27)25(33)31-17-9-21(28)24(30)22(29)10-17/h2,5-6,9-10,15-16,18-19,32,34H,3-4,7-8,11-13H2,1H3,(H,31,33)/t15-,16?,18+,19?,26?/m0/s1. The van der Waals surface area contributed by atoms with E-state index in [1.165, 1.54) is 19.2 Å². The minimum absolute atomic E-state index is 0.0288. The highest BCUT2D eigenvalue weighted by molar-refractivity contribution is 7.92. The summed E-state index contributed by atoms with van der Waals surface area (Å²) in [5, 5.41) is 22.4. The SMILES string of the molecule is COC[C@@H](O)COCC1(O)C2CC[C@H]1CC(S(=O)(=O)c1cc(C(=O)Nc3cc(F)c(F)c(F)c3)ccc1Cl)C2. The Morgan fingerprint density at radius 3 is 2.33 bits per heavy atom. The van der Waals surface area contributed by atoms with E-state index in [2.05, 4.69) is 5.32 Å². The summed E-state index contributed by atoms with van der Waals surface area (Å²) in [5.41, 5.74) is -1.72. The molecule has 3 N–H and O–H groups in total. The molecule has 0 aliphatic heterocycles. The van der Waals surface area contributed by atoms with E-state index in [0.717, 1.165) is 6.07 Å². The Labute approximate surface area is 229 Å². The van der Waals surface area contributed by atoms with Crippen LogP contribution in [0.15, 0.2) is 35.2 Å². The van der Waals surface area contributed by atoms with Crippen LogP contribution in [-0.4, -0.2) is 68.4 Å². The van der Waals surface area contributed by atoms with Gasteiger partial charge in [-0.15, -0.1) is 0 Å². The first-order chi connectivity index (χ1) is 18.4. The largest absolute Gasteiger partial charge is 0.388 e. The van der Waals surface area contributed by atoms with Crippen molar-refractivity contribution in [3.05, 3.63) is 58.4 Å². The molecule has 0 radical (unpaired) electrons. The zero-order chi connectivity index (χ0) is 28.5. The number of aliphatic hydroxyl groups is 2. The third-order valence-electron chi connectivity index (χ3n) is 7.56. The number of hydrogen-bond acceptors (Lipinski definition) is 7. The molecule has 0 heterocycles. The van der Waals surface area contributed by atoms with Gasteiger partial charge in [-0.3, -0.25) is 4.79 Å². The number of aliphatic hydroxyl groups excluding tert-OH is 1. The molecule has 4 rings (SSSR count). The summed E-state index contributed by atoms with van der Waals surface area (Å²) in [7, 11) is -2.60. The van der Waals surface area contributed by atoms with E-state index in [4.69, 9.17) is 21.1 Å². The molecular formula is C26H29ClF3NO7S. The molecule has 13 heteroatoms. The fraction of sp³-hybridized carbons (Fsp3) is 0.500. The Bertz CT molecular complexity index is 1310. The number of amides is 1. The van der Waals surface area contributed by atoms with Gasteiger partial charge in [-0.2, -0.15) is 0 Å². The van der Waals surface area contributed by atoms with Crippen molar-refractivity contribution in [1.29, 1.82) is 0 Å². The first-order valence-corrected chi connectivity index (χ1v) is 14.3. The number of anilines is 1. The highest BCUT2D eigenvalue weighted by Gasteiger charge is 2.56. The number of ether oxygens (including phenoxy) is 2. The van der Waals surface area contributed by atoms with Crippen molar-refractivity contribution in [2.45, 2.75) is 47.5 Å². The van der Waals surface area contributed by atoms with Gasteiger partial charge in [0.2, 0.25) is 0 Å². The van der Waals surface area contributed by atoms with Crippen LogP contribution in [0.1, 0.15) is 36.0 Å². The Kier molecular flexibility index (Phi) is 8.94. The minimum atomic E-state index is -4.05. The van der Waals surface area contributed by atoms with Gasteiger partial charge in [0.1, 0.15) is 6.10 Å². The van der Waals surface area contributed by atoms with Crippen LogP contribution in [0.4, 0.5) is 18.9 Å². The van der Waals surface area contributed by atoms with Crippen LogP contribution >= 0.6 is 11.6 Å². The van der Waals surface area contributed by atoms with Gasteiger partial charge in [-0.05, 0) is 55.7 Å². The van der Waals surface area contributed by atoms with Crippen LogP contribution < -0.4 is 5.32 Å². The first-order valence-electron chi connectivity index (χ1n) is 12.3. The number of halogens is 4. The van der Waals surface area contributed by atoms with Crippen LogP contribution in [0.3, 0.4) is 0 Å². The zero-order valence-corrected chi connectivity index (χ0v) is 22.6. The van der Waals surface area contributed by atoms with Gasteiger partial charge in [0.05, 0.1) is 40.6 Å². The molecule has 8 nitrogen and oxygen atoms in total. The van der Waals surface area contributed by atoms with Crippen LogP contribution in [0.2, 0.25) is 5.02 Å². The molecule has 2 fully saturated rings. The molecule has 1 amide bonds. The smallest absolute Gasteiger partial charge is 0.255 e. The number of rotatable bonds is 10. The van der Waals surface area contributed by atoms with Gasteiger partial charge < -0.3 is 25.0 Å². The van der Waals surface area contributed by atoms with Crippen molar-refractivity contribution in [1.82, 2.24) is 0 Å². The Morgan fingerprint density at radius 1 is 1.13 bits per heavy atom. The predicted molar refractivity (Wildman–Crippen MR) is 136 cm³/mol. The molecule has 0 saturated heterocycles. The summed E-state index contributed by atoms with van der Waals surface area (Å²) in [6.07, 6.45) is 0.678. The number of nitrogens with one attached hydrogen (secondary N) is 1. The van der Waals surface area contributed by atoms with Crippen LogP contribution in [0, 0.1) is 29.3 Å². The third-order valence-corrected chi connectivity index (χ3v) is 10.2. The summed E-state index contributed by atoms with van der Waals surface area (Å²) < 4.78 is 78.0. The summed E-state index contributed by atoms with van der Waals surface area (Å²) in [6.45, 7) is 0.0109. The fourth-order valence-corrected chi connectivity index (χ4v) is 7.97. The second-order valence-electron chi connectivity index (χ2n) is 10.1. The van der Waals surface area contributed by atoms with Gasteiger partial charge in [-0.1, -0.05) is 11.6 Å². The fourth-order valence-electron chi connectivity index (χ4n) is 5.57. The van der Waals surface area contributed by atoms with E-state index >= 15 is 0 Å². The molecule has 3 unspecified atom stereocenters. The average Bonchev–Trinajstić information content (AvgIpc) is 3.03. The minimum Gasteiger partial charge on any atom is -0.388 e. The summed E-state index contributed by atoms with van der Waals surface area (Å²) >= 11 is 6.24. The van der Waals surface area contributed by atoms with Gasteiger partial charge in [0, 0.05) is 30.5 Å². The second-order valence-corrected chi connectivity index (χ2v) is 12.7. The van der Waals surface area contributed by atoms with Gasteiger partial charge in [-0.25, -0.2) is 21.6 Å². The van der Waals surface area contributed by atoms with E-state index in [0.29, 0.717) is 25.0 Å². The molecule has 0 aromatic heterocycles. The Balaban J connectivity index is 1.49. The normalized spacial score (nSPS) is 25.5. The van der Waals surface area contributed by atoms with Crippen LogP contribution in [0.5, 0.6) is 0 Å². The Hall–Kier alpha value is -2.22. The van der Waals surface area contributed by atoms with Crippen LogP contribution in [-0.2, 0) is 19.3 Å². The number of carbonyl (C=O) groups excluding carboxylic acids is 1. The maximum atomic E-state index is 13.7. The maximum absolute atomic E-state index is 13.7. The number of hydrogen-bond donors (Lipinski definition) is 3. The van der Waals surface area contributed by atoms with E-state index in [9.17, 15) is 36.6 Å². The van der Waals surface area contributed by atoms with E-state index in [-0.39, 0.29) is 65.7 Å². The predicted octanol–water partition coefficient (Wildman–Crippen LogP) is 3.73. The van der Waals surface area contributed by atoms with Crippen molar-refractivity contribution < 1.29 is 46.1 Å². The molecule has 0 spiro atoms. The van der Waals surface area contributed by atoms with Crippen molar-refractivity contribution in [2.24, 2.45) is 11.8 Å². The number of fused-ring (bicyclic) bond motifs is 2. The number of sulfone groups is 1. The average molecular weight is 592 g/mol. The highest BCUT2D eigenvalue weighted by atomic mass is 35.5. The van der Waals surface area contributed by atoms with Crippen molar-refractivity contribution in [3.63, 3.8) is 0 Å². The van der Waals surface area contributed by atoms with E-state index < -0.39 is 50.2 Å². The van der Waals surface area contributed by atoms with Crippen molar-refractivity contribution >= 4 is 33.0 Å². The lowest BCUT2D eigenvalue weighted by atomic mass is 9.75. The third kappa shape index (κ3) is 6.10. The second kappa shape index (κ2) is 11.7. The summed E-state index contributed by atoms with van der Waals surface area (Å²) in [5.74, 6) is -6.26. The number of benzene rings is 2. The molecular weight excluding hydrogens is 563 g/mol. The lowest BCUT2D eigenvalue weighted by Crippen LogP contribution is -2.51. The molecule has 2 aliphatic rings. The van der Waals surface area contributed by atoms with Gasteiger partial charge in [0.15, 0.2) is 27.3 Å². The maximum Gasteiger partial charge on any atom is 0.255 e. The quantitative estimate of drug-likeness (QED) is 0.360. The molecule has 39 heavy (non-hydrogen) atoms. The molecule has 2 aliphatic carbocycles. The number of methoxy groups -OCH3 is 1. The first kappa shape index (κ1) is 29.8. The lowest BCUT2D eigenvalue weighted by molar-refractivity contribution is -0.125. The van der Waals surface area contributed by atoms with E-state index in [1.54, 1.807) is 0 Å². The molecule has 214 valence electrons. The molecule has 2 aromatic rings. The monoisotopic (exact) mass is 591 g/mol. The summed E-state index contributed by atoms with van der Waals surface area (Å²) in [6, 6.07) is 4.79. The summed E-state index contributed by atoms with van der Waals surface area (Å²) in [4.78, 5) is 12.4. The van der Waals surface area contributed by atoms with Crippen molar-refractivity contribution in [2.75, 3.05) is 32.2 Å². The van der Waals surface area contributed by atoms with E-state index in [1.807, 2.05) is 0 Å². The van der Waals surface area contributed by atoms with Gasteiger partial charge in [0.25, 0.3) is 5.91 Å².